The molecule has 0 saturated heterocycles. The van der Waals surface area contributed by atoms with E-state index in [9.17, 15) is 9.18 Å². The topological polar surface area (TPSA) is 73.6 Å². The van der Waals surface area contributed by atoms with E-state index in [-0.39, 0.29) is 11.7 Å². The van der Waals surface area contributed by atoms with Crippen LogP contribution in [0, 0.1) is 5.82 Å². The highest BCUT2D eigenvalue weighted by Crippen LogP contribution is 2.36. The van der Waals surface area contributed by atoms with Crippen LogP contribution in [-0.2, 0) is 0 Å². The molecule has 0 aliphatic rings. The first-order chi connectivity index (χ1) is 14.5. The monoisotopic (exact) mass is 426 g/mol. The molecule has 0 spiro atoms. The SMILES string of the molecule is COc1cc(OC)c(NC(=O)c2ccc3noc(-c4ccc(F)cc4)c3c2)cc1Cl. The lowest BCUT2D eigenvalue weighted by Gasteiger charge is -2.13. The summed E-state index contributed by atoms with van der Waals surface area (Å²) < 4.78 is 29.1. The van der Waals surface area contributed by atoms with Crippen molar-refractivity contribution in [1.29, 1.82) is 0 Å². The minimum atomic E-state index is -0.373. The number of carbonyl (C=O) groups excluding carboxylic acids is 1. The van der Waals surface area contributed by atoms with Crippen LogP contribution in [0.3, 0.4) is 0 Å². The molecule has 0 bridgehead atoms. The summed E-state index contributed by atoms with van der Waals surface area (Å²) in [6.07, 6.45) is 0. The number of anilines is 1. The molecule has 4 rings (SSSR count). The number of ether oxygens (including phenoxy) is 2. The van der Waals surface area contributed by atoms with E-state index < -0.39 is 0 Å². The van der Waals surface area contributed by atoms with Gasteiger partial charge in [-0.05, 0) is 48.5 Å². The molecule has 4 aromatic rings. The lowest BCUT2D eigenvalue weighted by molar-refractivity contribution is 0.102. The summed E-state index contributed by atoms with van der Waals surface area (Å²) in [5.74, 6) is 0.561. The molecular formula is C22H16ClFN2O4. The molecule has 6 nitrogen and oxygen atoms in total. The van der Waals surface area contributed by atoms with Crippen molar-refractivity contribution < 1.29 is 23.2 Å². The Hall–Kier alpha value is -3.58. The quantitative estimate of drug-likeness (QED) is 0.452. The Bertz CT molecular complexity index is 1240. The van der Waals surface area contributed by atoms with Crippen LogP contribution in [0.1, 0.15) is 10.4 Å². The molecule has 0 aliphatic carbocycles. The van der Waals surface area contributed by atoms with Crippen molar-refractivity contribution in [3.8, 4) is 22.8 Å². The number of nitrogens with one attached hydrogen (secondary N) is 1. The highest BCUT2D eigenvalue weighted by atomic mass is 35.5. The minimum absolute atomic E-state index is 0.335. The van der Waals surface area contributed by atoms with Crippen LogP contribution in [-0.4, -0.2) is 25.3 Å². The summed E-state index contributed by atoms with van der Waals surface area (Å²) >= 11 is 6.17. The van der Waals surface area contributed by atoms with E-state index in [0.29, 0.717) is 50.0 Å². The molecule has 1 heterocycles. The summed E-state index contributed by atoms with van der Waals surface area (Å²) in [5, 5.41) is 7.77. The van der Waals surface area contributed by atoms with Gasteiger partial charge in [0.2, 0.25) is 0 Å². The van der Waals surface area contributed by atoms with Crippen LogP contribution < -0.4 is 14.8 Å². The second kappa shape index (κ2) is 8.04. The van der Waals surface area contributed by atoms with Gasteiger partial charge >= 0.3 is 0 Å². The summed E-state index contributed by atoms with van der Waals surface area (Å²) in [7, 11) is 2.97. The van der Waals surface area contributed by atoms with E-state index >= 15 is 0 Å². The second-order valence-electron chi connectivity index (χ2n) is 6.39. The average molecular weight is 427 g/mol. The van der Waals surface area contributed by atoms with E-state index in [1.807, 2.05) is 0 Å². The van der Waals surface area contributed by atoms with Gasteiger partial charge in [0.25, 0.3) is 5.91 Å². The largest absolute Gasteiger partial charge is 0.495 e. The third-order valence-electron chi connectivity index (χ3n) is 4.57. The van der Waals surface area contributed by atoms with Gasteiger partial charge < -0.3 is 19.3 Å². The number of fused-ring (bicyclic) bond motifs is 1. The third-order valence-corrected chi connectivity index (χ3v) is 4.86. The van der Waals surface area contributed by atoms with Crippen LogP contribution in [0.4, 0.5) is 10.1 Å². The average Bonchev–Trinajstić information content (AvgIpc) is 3.17. The van der Waals surface area contributed by atoms with Gasteiger partial charge in [0.05, 0.1) is 30.3 Å². The van der Waals surface area contributed by atoms with Crippen LogP contribution >= 0.6 is 11.6 Å². The first-order valence-corrected chi connectivity index (χ1v) is 9.26. The van der Waals surface area contributed by atoms with Gasteiger partial charge in [-0.3, -0.25) is 4.79 Å². The lowest BCUT2D eigenvalue weighted by Crippen LogP contribution is -2.12. The summed E-state index contributed by atoms with van der Waals surface area (Å²) in [4.78, 5) is 12.9. The third kappa shape index (κ3) is 3.67. The first-order valence-electron chi connectivity index (χ1n) is 8.88. The minimum Gasteiger partial charge on any atom is -0.495 e. The molecule has 0 aliphatic heterocycles. The van der Waals surface area contributed by atoms with Crippen LogP contribution in [0.5, 0.6) is 11.5 Å². The van der Waals surface area contributed by atoms with E-state index in [0.717, 1.165) is 0 Å². The van der Waals surface area contributed by atoms with Crippen LogP contribution in [0.2, 0.25) is 5.02 Å². The Morgan fingerprint density at radius 2 is 1.77 bits per heavy atom. The Morgan fingerprint density at radius 3 is 2.47 bits per heavy atom. The maximum Gasteiger partial charge on any atom is 0.255 e. The van der Waals surface area contributed by atoms with Gasteiger partial charge in [-0.2, -0.15) is 0 Å². The highest BCUT2D eigenvalue weighted by molar-refractivity contribution is 6.32. The molecule has 0 saturated carbocycles. The molecule has 30 heavy (non-hydrogen) atoms. The number of amides is 1. The van der Waals surface area contributed by atoms with Crippen LogP contribution in [0.25, 0.3) is 22.2 Å². The van der Waals surface area contributed by atoms with E-state index in [1.165, 1.54) is 26.4 Å². The number of benzene rings is 3. The van der Waals surface area contributed by atoms with Gasteiger partial charge in [0.1, 0.15) is 22.8 Å². The Labute approximate surface area is 176 Å². The molecular weight excluding hydrogens is 411 g/mol. The molecule has 0 fully saturated rings. The molecule has 3 aromatic carbocycles. The lowest BCUT2D eigenvalue weighted by atomic mass is 10.1. The van der Waals surface area contributed by atoms with Gasteiger partial charge in [0, 0.05) is 17.2 Å². The number of hydrogen-bond acceptors (Lipinski definition) is 5. The molecule has 8 heteroatoms. The maximum absolute atomic E-state index is 13.2. The second-order valence-corrected chi connectivity index (χ2v) is 6.80. The fourth-order valence-electron chi connectivity index (χ4n) is 3.04. The van der Waals surface area contributed by atoms with Gasteiger partial charge in [-0.1, -0.05) is 16.8 Å². The number of rotatable bonds is 5. The van der Waals surface area contributed by atoms with Crippen molar-refractivity contribution in [2.45, 2.75) is 0 Å². The predicted octanol–water partition coefficient (Wildman–Crippen LogP) is 5.56. The zero-order valence-corrected chi connectivity index (χ0v) is 16.8. The zero-order valence-electron chi connectivity index (χ0n) is 16.0. The number of aromatic nitrogens is 1. The van der Waals surface area contributed by atoms with Crippen molar-refractivity contribution in [2.75, 3.05) is 19.5 Å². The van der Waals surface area contributed by atoms with Crippen molar-refractivity contribution in [2.24, 2.45) is 0 Å². The van der Waals surface area contributed by atoms with Crippen molar-refractivity contribution in [1.82, 2.24) is 5.16 Å². The molecule has 1 aromatic heterocycles. The first kappa shape index (κ1) is 19.7. The smallest absolute Gasteiger partial charge is 0.255 e. The van der Waals surface area contributed by atoms with E-state index in [1.54, 1.807) is 42.5 Å². The predicted molar refractivity (Wildman–Crippen MR) is 112 cm³/mol. The number of carbonyl (C=O) groups is 1. The number of nitrogens with zero attached hydrogens (tertiary/aromatic N) is 1. The Morgan fingerprint density at radius 1 is 1.03 bits per heavy atom. The Kier molecular flexibility index (Phi) is 5.29. The van der Waals surface area contributed by atoms with Crippen LogP contribution in [0.15, 0.2) is 59.1 Å². The maximum atomic E-state index is 13.2. The Balaban J connectivity index is 1.68. The molecule has 1 N–H and O–H groups in total. The fourth-order valence-corrected chi connectivity index (χ4v) is 3.29. The van der Waals surface area contributed by atoms with Crippen molar-refractivity contribution >= 4 is 34.1 Å². The normalized spacial score (nSPS) is 10.8. The molecule has 0 atom stereocenters. The van der Waals surface area contributed by atoms with Crippen molar-refractivity contribution in [3.63, 3.8) is 0 Å². The standard InChI is InChI=1S/C22H16ClFN2O4/c1-28-19-11-20(29-2)18(10-16(19)23)25-22(27)13-5-8-17-15(9-13)21(30-26-17)12-3-6-14(24)7-4-12/h3-11H,1-2H3,(H,25,27). The molecule has 1 amide bonds. The molecule has 152 valence electrons. The number of methoxy groups -OCH3 is 2. The van der Waals surface area contributed by atoms with Crippen molar-refractivity contribution in [3.05, 3.63) is 71.0 Å². The number of halogens is 2. The summed E-state index contributed by atoms with van der Waals surface area (Å²) in [5.41, 5.74) is 2.01. The number of hydrogen-bond donors (Lipinski definition) is 1. The highest BCUT2D eigenvalue weighted by Gasteiger charge is 2.17. The zero-order chi connectivity index (χ0) is 21.3. The molecule has 0 unspecified atom stereocenters. The summed E-state index contributed by atoms with van der Waals surface area (Å²) in [6, 6.07) is 14.0. The van der Waals surface area contributed by atoms with Gasteiger partial charge in [-0.15, -0.1) is 0 Å². The van der Waals surface area contributed by atoms with E-state index in [2.05, 4.69) is 10.5 Å². The fraction of sp³-hybridized carbons (Fsp3) is 0.0909. The van der Waals surface area contributed by atoms with E-state index in [4.69, 9.17) is 25.6 Å². The van der Waals surface area contributed by atoms with Gasteiger partial charge in [0.15, 0.2) is 5.76 Å². The summed E-state index contributed by atoms with van der Waals surface area (Å²) in [6.45, 7) is 0. The molecule has 0 radical (unpaired) electrons. The van der Waals surface area contributed by atoms with Gasteiger partial charge in [-0.25, -0.2) is 4.39 Å².